The highest BCUT2D eigenvalue weighted by molar-refractivity contribution is 7.92. The minimum atomic E-state index is -3.79. The molecule has 0 saturated carbocycles. The maximum absolute atomic E-state index is 12.7. The van der Waals surface area contributed by atoms with Crippen molar-refractivity contribution in [3.8, 4) is 5.75 Å². The fourth-order valence-electron chi connectivity index (χ4n) is 2.78. The molecule has 140 valence electrons. The second kappa shape index (κ2) is 7.92. The molecule has 1 aliphatic heterocycles. The Morgan fingerprint density at radius 3 is 2.81 bits per heavy atom. The van der Waals surface area contributed by atoms with Crippen LogP contribution in [0.4, 0.5) is 11.5 Å². The number of hydrogen-bond donors (Lipinski definition) is 2. The molecule has 0 bridgehead atoms. The van der Waals surface area contributed by atoms with Crippen LogP contribution in [0.1, 0.15) is 18.4 Å². The van der Waals surface area contributed by atoms with Crippen LogP contribution in [0.25, 0.3) is 0 Å². The first-order chi connectivity index (χ1) is 12.5. The van der Waals surface area contributed by atoms with Gasteiger partial charge in [-0.3, -0.25) is 4.72 Å². The van der Waals surface area contributed by atoms with Crippen LogP contribution in [-0.2, 0) is 14.8 Å². The van der Waals surface area contributed by atoms with Gasteiger partial charge in [0, 0.05) is 13.2 Å². The lowest BCUT2D eigenvalue weighted by Gasteiger charge is -2.13. The van der Waals surface area contributed by atoms with Crippen molar-refractivity contribution in [3.05, 3.63) is 42.1 Å². The molecular weight excluding hydrogens is 354 g/mol. The molecule has 8 heteroatoms. The third kappa shape index (κ3) is 4.44. The summed E-state index contributed by atoms with van der Waals surface area (Å²) in [6, 6.07) is 8.41. The van der Waals surface area contributed by atoms with Gasteiger partial charge in [-0.1, -0.05) is 6.07 Å². The van der Waals surface area contributed by atoms with Crippen molar-refractivity contribution in [2.75, 3.05) is 30.3 Å². The van der Waals surface area contributed by atoms with Gasteiger partial charge in [0.25, 0.3) is 10.0 Å². The quantitative estimate of drug-likeness (QED) is 0.771. The number of aromatic nitrogens is 1. The number of aryl methyl sites for hydroxylation is 1. The first-order valence-corrected chi connectivity index (χ1v) is 9.95. The van der Waals surface area contributed by atoms with Crippen LogP contribution in [0.5, 0.6) is 5.75 Å². The Kier molecular flexibility index (Phi) is 5.63. The van der Waals surface area contributed by atoms with Gasteiger partial charge in [-0.2, -0.15) is 0 Å². The summed E-state index contributed by atoms with van der Waals surface area (Å²) >= 11 is 0. The molecule has 7 nitrogen and oxygen atoms in total. The molecule has 1 atom stereocenters. The first-order valence-electron chi connectivity index (χ1n) is 8.47. The lowest BCUT2D eigenvalue weighted by Crippen LogP contribution is -2.18. The summed E-state index contributed by atoms with van der Waals surface area (Å²) < 4.78 is 38.5. The van der Waals surface area contributed by atoms with Crippen molar-refractivity contribution >= 4 is 21.5 Å². The molecule has 0 radical (unpaired) electrons. The highest BCUT2D eigenvalue weighted by Gasteiger charge is 2.20. The van der Waals surface area contributed by atoms with Crippen LogP contribution >= 0.6 is 0 Å². The van der Waals surface area contributed by atoms with Crippen molar-refractivity contribution in [3.63, 3.8) is 0 Å². The molecule has 3 rings (SSSR count). The predicted molar refractivity (Wildman–Crippen MR) is 100 cm³/mol. The molecule has 2 N–H and O–H groups in total. The van der Waals surface area contributed by atoms with E-state index in [4.69, 9.17) is 9.47 Å². The number of ether oxygens (including phenoxy) is 2. The zero-order valence-electron chi connectivity index (χ0n) is 14.9. The summed E-state index contributed by atoms with van der Waals surface area (Å²) in [5.41, 5.74) is 1.64. The average molecular weight is 377 g/mol. The SMILES string of the molecule is COc1ccc(C)cc1S(=O)(=O)Nc1ccc(NCC2CCCO2)cn1. The van der Waals surface area contributed by atoms with E-state index in [-0.39, 0.29) is 22.6 Å². The molecule has 0 amide bonds. The van der Waals surface area contributed by atoms with Gasteiger partial charge in [0.2, 0.25) is 0 Å². The second-order valence-electron chi connectivity index (χ2n) is 6.21. The summed E-state index contributed by atoms with van der Waals surface area (Å²) in [6.45, 7) is 3.35. The van der Waals surface area contributed by atoms with Crippen LogP contribution in [0.3, 0.4) is 0 Å². The monoisotopic (exact) mass is 377 g/mol. The zero-order chi connectivity index (χ0) is 18.6. The molecule has 1 saturated heterocycles. The Labute approximate surface area is 153 Å². The van der Waals surface area contributed by atoms with Crippen LogP contribution in [0.2, 0.25) is 0 Å². The number of nitrogens with zero attached hydrogens (tertiary/aromatic N) is 1. The van der Waals surface area contributed by atoms with Gasteiger partial charge in [-0.05, 0) is 49.6 Å². The number of rotatable bonds is 7. The number of nitrogens with one attached hydrogen (secondary N) is 2. The van der Waals surface area contributed by atoms with E-state index in [2.05, 4.69) is 15.0 Å². The van der Waals surface area contributed by atoms with Crippen LogP contribution < -0.4 is 14.8 Å². The standard InChI is InChI=1S/C18H23N3O4S/c1-13-5-7-16(24-2)17(10-13)26(22,23)21-18-8-6-14(11-20-18)19-12-15-4-3-9-25-15/h5-8,10-11,15,19H,3-4,9,12H2,1-2H3,(H,20,21). The third-order valence-electron chi connectivity index (χ3n) is 4.17. The van der Waals surface area contributed by atoms with Gasteiger partial charge in [0.15, 0.2) is 0 Å². The van der Waals surface area contributed by atoms with E-state index in [0.29, 0.717) is 6.54 Å². The number of pyridine rings is 1. The predicted octanol–water partition coefficient (Wildman–Crippen LogP) is 2.79. The number of hydrogen-bond acceptors (Lipinski definition) is 6. The second-order valence-corrected chi connectivity index (χ2v) is 7.86. The van der Waals surface area contributed by atoms with Crippen molar-refractivity contribution in [2.24, 2.45) is 0 Å². The normalized spacial score (nSPS) is 17.1. The minimum absolute atomic E-state index is 0.0855. The molecule has 0 aliphatic carbocycles. The summed E-state index contributed by atoms with van der Waals surface area (Å²) in [4.78, 5) is 4.26. The Hall–Kier alpha value is -2.32. The van der Waals surface area contributed by atoms with E-state index in [1.807, 2.05) is 6.92 Å². The Morgan fingerprint density at radius 1 is 1.31 bits per heavy atom. The molecule has 1 aliphatic rings. The van der Waals surface area contributed by atoms with Gasteiger partial charge in [-0.25, -0.2) is 13.4 Å². The molecule has 1 aromatic carbocycles. The van der Waals surface area contributed by atoms with E-state index >= 15 is 0 Å². The number of methoxy groups -OCH3 is 1. The van der Waals surface area contributed by atoms with E-state index in [1.54, 1.807) is 36.5 Å². The smallest absolute Gasteiger partial charge is 0.266 e. The summed E-state index contributed by atoms with van der Waals surface area (Å²) in [7, 11) is -2.35. The lowest BCUT2D eigenvalue weighted by molar-refractivity contribution is 0.120. The maximum Gasteiger partial charge on any atom is 0.266 e. The molecule has 2 heterocycles. The van der Waals surface area contributed by atoms with Crippen LogP contribution in [0.15, 0.2) is 41.4 Å². The number of sulfonamides is 1. The summed E-state index contributed by atoms with van der Waals surface area (Å²) in [5.74, 6) is 0.536. The van der Waals surface area contributed by atoms with Crippen molar-refractivity contribution < 1.29 is 17.9 Å². The molecule has 1 fully saturated rings. The zero-order valence-corrected chi connectivity index (χ0v) is 15.7. The van der Waals surface area contributed by atoms with Crippen LogP contribution in [0, 0.1) is 6.92 Å². The Bertz CT molecular complexity index is 847. The molecule has 1 aromatic heterocycles. The molecule has 1 unspecified atom stereocenters. The highest BCUT2D eigenvalue weighted by Crippen LogP contribution is 2.26. The van der Waals surface area contributed by atoms with Gasteiger partial charge in [0.1, 0.15) is 16.5 Å². The fourth-order valence-corrected chi connectivity index (χ4v) is 4.05. The highest BCUT2D eigenvalue weighted by atomic mass is 32.2. The van der Waals surface area contributed by atoms with E-state index in [0.717, 1.165) is 30.7 Å². The first kappa shape index (κ1) is 18.5. The molecular formula is C18H23N3O4S. The Balaban J connectivity index is 1.68. The van der Waals surface area contributed by atoms with Gasteiger partial charge in [0.05, 0.1) is 25.1 Å². The van der Waals surface area contributed by atoms with E-state index in [1.165, 1.54) is 7.11 Å². The Morgan fingerprint density at radius 2 is 2.15 bits per heavy atom. The molecule has 0 spiro atoms. The topological polar surface area (TPSA) is 89.6 Å². The average Bonchev–Trinajstić information content (AvgIpc) is 3.14. The summed E-state index contributed by atoms with van der Waals surface area (Å²) in [5, 5.41) is 3.25. The van der Waals surface area contributed by atoms with E-state index < -0.39 is 10.0 Å². The van der Waals surface area contributed by atoms with Crippen molar-refractivity contribution in [1.82, 2.24) is 4.98 Å². The van der Waals surface area contributed by atoms with Crippen molar-refractivity contribution in [2.45, 2.75) is 30.8 Å². The largest absolute Gasteiger partial charge is 0.495 e. The molecule has 2 aromatic rings. The number of anilines is 2. The fraction of sp³-hybridized carbons (Fsp3) is 0.389. The minimum Gasteiger partial charge on any atom is -0.495 e. The molecule has 26 heavy (non-hydrogen) atoms. The third-order valence-corrected chi connectivity index (χ3v) is 5.54. The van der Waals surface area contributed by atoms with Gasteiger partial charge < -0.3 is 14.8 Å². The van der Waals surface area contributed by atoms with Crippen molar-refractivity contribution in [1.29, 1.82) is 0 Å². The van der Waals surface area contributed by atoms with E-state index in [9.17, 15) is 8.42 Å². The van der Waals surface area contributed by atoms with Gasteiger partial charge >= 0.3 is 0 Å². The summed E-state index contributed by atoms with van der Waals surface area (Å²) in [6.07, 6.45) is 3.96. The lowest BCUT2D eigenvalue weighted by atomic mass is 10.2. The van der Waals surface area contributed by atoms with Crippen LogP contribution in [-0.4, -0.2) is 39.8 Å². The number of benzene rings is 1. The van der Waals surface area contributed by atoms with Gasteiger partial charge in [-0.15, -0.1) is 0 Å². The maximum atomic E-state index is 12.7.